The van der Waals surface area contributed by atoms with Crippen LogP contribution >= 0.6 is 0 Å². The van der Waals surface area contributed by atoms with E-state index in [1.807, 2.05) is 38.1 Å². The summed E-state index contributed by atoms with van der Waals surface area (Å²) in [6.45, 7) is 6.72. The predicted molar refractivity (Wildman–Crippen MR) is 70.2 cm³/mol. The number of unbranched alkanes of at least 4 members (excludes halogenated alkanes) is 1. The van der Waals surface area contributed by atoms with Crippen LogP contribution in [0.3, 0.4) is 0 Å². The van der Waals surface area contributed by atoms with Gasteiger partial charge in [-0.25, -0.2) is 4.79 Å². The van der Waals surface area contributed by atoms with Crippen LogP contribution in [0.25, 0.3) is 0 Å². The van der Waals surface area contributed by atoms with E-state index in [-0.39, 0.29) is 5.97 Å². The Labute approximate surface area is 104 Å². The minimum atomic E-state index is -0.222. The molecule has 94 valence electrons. The second-order valence-corrected chi connectivity index (χ2v) is 4.79. The number of ether oxygens (including phenoxy) is 1. The van der Waals surface area contributed by atoms with Gasteiger partial charge in [-0.3, -0.25) is 0 Å². The van der Waals surface area contributed by atoms with E-state index >= 15 is 0 Å². The Morgan fingerprint density at radius 3 is 2.41 bits per heavy atom. The monoisotopic (exact) mass is 234 g/mol. The van der Waals surface area contributed by atoms with Gasteiger partial charge in [-0.05, 0) is 36.5 Å². The van der Waals surface area contributed by atoms with Gasteiger partial charge in [-0.2, -0.15) is 0 Å². The van der Waals surface area contributed by atoms with Gasteiger partial charge in [0.15, 0.2) is 0 Å². The Morgan fingerprint density at radius 1 is 1.24 bits per heavy atom. The number of rotatable bonds is 6. The molecule has 0 N–H and O–H groups in total. The number of benzene rings is 1. The smallest absolute Gasteiger partial charge is 0.338 e. The Morgan fingerprint density at radius 2 is 1.88 bits per heavy atom. The first kappa shape index (κ1) is 13.8. The number of aryl methyl sites for hydroxylation is 1. The summed E-state index contributed by atoms with van der Waals surface area (Å²) in [7, 11) is 0. The van der Waals surface area contributed by atoms with Crippen molar-refractivity contribution in [3.05, 3.63) is 35.4 Å². The van der Waals surface area contributed by atoms with E-state index in [1.54, 1.807) is 0 Å². The maximum atomic E-state index is 11.7. The zero-order valence-corrected chi connectivity index (χ0v) is 11.0. The molecule has 0 aliphatic heterocycles. The van der Waals surface area contributed by atoms with Crippen molar-refractivity contribution in [3.63, 3.8) is 0 Å². The molecule has 1 aromatic rings. The van der Waals surface area contributed by atoms with Crippen molar-refractivity contribution in [2.24, 2.45) is 5.92 Å². The van der Waals surface area contributed by atoms with Crippen molar-refractivity contribution in [1.29, 1.82) is 0 Å². The molecule has 2 heteroatoms. The molecular formula is C15H22O2. The first-order valence-electron chi connectivity index (χ1n) is 6.39. The summed E-state index contributed by atoms with van der Waals surface area (Å²) in [4.78, 5) is 11.7. The summed E-state index contributed by atoms with van der Waals surface area (Å²) in [5, 5.41) is 0. The zero-order valence-electron chi connectivity index (χ0n) is 11.0. The Balaban J connectivity index is 2.51. The molecule has 0 saturated carbocycles. The molecule has 17 heavy (non-hydrogen) atoms. The minimum Gasteiger partial charge on any atom is -0.462 e. The fourth-order valence-electron chi connectivity index (χ4n) is 1.51. The van der Waals surface area contributed by atoms with Crippen molar-refractivity contribution >= 4 is 5.97 Å². The molecule has 0 aromatic heterocycles. The molecule has 0 fully saturated rings. The van der Waals surface area contributed by atoms with E-state index in [0.717, 1.165) is 6.42 Å². The lowest BCUT2D eigenvalue weighted by Crippen LogP contribution is -2.10. The molecule has 0 aliphatic carbocycles. The Kier molecular flexibility index (Phi) is 5.75. The summed E-state index contributed by atoms with van der Waals surface area (Å²) in [6.07, 6.45) is 3.47. The van der Waals surface area contributed by atoms with Crippen molar-refractivity contribution < 1.29 is 9.53 Å². The van der Waals surface area contributed by atoms with Crippen LogP contribution in [0.5, 0.6) is 0 Å². The normalized spacial score (nSPS) is 10.6. The molecule has 0 amide bonds. The molecular weight excluding hydrogens is 212 g/mol. The number of hydrogen-bond donors (Lipinski definition) is 0. The minimum absolute atomic E-state index is 0.222. The van der Waals surface area contributed by atoms with E-state index in [1.165, 1.54) is 18.4 Å². The van der Waals surface area contributed by atoms with E-state index < -0.39 is 0 Å². The summed E-state index contributed by atoms with van der Waals surface area (Å²) >= 11 is 0. The summed E-state index contributed by atoms with van der Waals surface area (Å²) in [6, 6.07) is 7.74. The summed E-state index contributed by atoms with van der Waals surface area (Å²) in [5.41, 5.74) is 1.93. The quantitative estimate of drug-likeness (QED) is 0.699. The number of esters is 1. The van der Waals surface area contributed by atoms with Crippen LogP contribution in [-0.2, 0) is 11.2 Å². The highest BCUT2D eigenvalue weighted by Crippen LogP contribution is 2.09. The first-order chi connectivity index (χ1) is 8.13. The van der Waals surface area contributed by atoms with Gasteiger partial charge in [0.2, 0.25) is 0 Å². The van der Waals surface area contributed by atoms with Crippen LogP contribution in [0.1, 0.15) is 49.5 Å². The second kappa shape index (κ2) is 7.10. The zero-order chi connectivity index (χ0) is 12.7. The van der Waals surface area contributed by atoms with Gasteiger partial charge in [-0.15, -0.1) is 0 Å². The van der Waals surface area contributed by atoms with Crippen LogP contribution in [-0.4, -0.2) is 12.6 Å². The van der Waals surface area contributed by atoms with Crippen molar-refractivity contribution in [1.82, 2.24) is 0 Å². The number of carbonyl (C=O) groups excluding carboxylic acids is 1. The molecule has 2 nitrogen and oxygen atoms in total. The Bertz CT molecular complexity index is 338. The van der Waals surface area contributed by atoms with Gasteiger partial charge in [0.25, 0.3) is 0 Å². The maximum absolute atomic E-state index is 11.7. The molecule has 0 unspecified atom stereocenters. The maximum Gasteiger partial charge on any atom is 0.338 e. The molecule has 0 radical (unpaired) electrons. The lowest BCUT2D eigenvalue weighted by atomic mass is 10.1. The molecule has 1 aromatic carbocycles. The third-order valence-electron chi connectivity index (χ3n) is 2.56. The van der Waals surface area contributed by atoms with Gasteiger partial charge in [0.05, 0.1) is 12.2 Å². The molecule has 1 rings (SSSR count). The van der Waals surface area contributed by atoms with Gasteiger partial charge in [0, 0.05) is 0 Å². The highest BCUT2D eigenvalue weighted by molar-refractivity contribution is 5.89. The third-order valence-corrected chi connectivity index (χ3v) is 2.56. The van der Waals surface area contributed by atoms with Crippen LogP contribution in [0.4, 0.5) is 0 Å². The average Bonchev–Trinajstić information content (AvgIpc) is 2.34. The van der Waals surface area contributed by atoms with Gasteiger partial charge in [0.1, 0.15) is 0 Å². The SMILES string of the molecule is CCCCc1ccc(C(=O)OCC(C)C)cc1. The predicted octanol–water partition coefficient (Wildman–Crippen LogP) is 3.84. The van der Waals surface area contributed by atoms with E-state index in [4.69, 9.17) is 4.74 Å². The molecule has 0 heterocycles. The fourth-order valence-corrected chi connectivity index (χ4v) is 1.51. The van der Waals surface area contributed by atoms with Crippen LogP contribution in [0.2, 0.25) is 0 Å². The van der Waals surface area contributed by atoms with Gasteiger partial charge in [-0.1, -0.05) is 39.3 Å². The number of hydrogen-bond acceptors (Lipinski definition) is 2. The lowest BCUT2D eigenvalue weighted by molar-refractivity contribution is 0.0459. The average molecular weight is 234 g/mol. The van der Waals surface area contributed by atoms with Crippen LogP contribution < -0.4 is 0 Å². The lowest BCUT2D eigenvalue weighted by Gasteiger charge is -2.07. The summed E-state index contributed by atoms with van der Waals surface area (Å²) < 4.78 is 5.17. The van der Waals surface area contributed by atoms with Crippen LogP contribution in [0, 0.1) is 5.92 Å². The molecule has 0 aliphatic rings. The molecule has 0 spiro atoms. The first-order valence-corrected chi connectivity index (χ1v) is 6.39. The topological polar surface area (TPSA) is 26.3 Å². The highest BCUT2D eigenvalue weighted by Gasteiger charge is 2.07. The molecule has 0 atom stereocenters. The van der Waals surface area contributed by atoms with E-state index in [9.17, 15) is 4.79 Å². The van der Waals surface area contributed by atoms with Crippen molar-refractivity contribution in [3.8, 4) is 0 Å². The van der Waals surface area contributed by atoms with Crippen molar-refractivity contribution in [2.45, 2.75) is 40.0 Å². The fraction of sp³-hybridized carbons (Fsp3) is 0.533. The van der Waals surface area contributed by atoms with Crippen molar-refractivity contribution in [2.75, 3.05) is 6.61 Å². The third kappa shape index (κ3) is 5.03. The highest BCUT2D eigenvalue weighted by atomic mass is 16.5. The largest absolute Gasteiger partial charge is 0.462 e. The standard InChI is InChI=1S/C15H22O2/c1-4-5-6-13-7-9-14(10-8-13)15(16)17-11-12(2)3/h7-10,12H,4-6,11H2,1-3H3. The summed E-state index contributed by atoms with van der Waals surface area (Å²) in [5.74, 6) is 0.156. The van der Waals surface area contributed by atoms with Gasteiger partial charge < -0.3 is 4.74 Å². The van der Waals surface area contributed by atoms with Crippen LogP contribution in [0.15, 0.2) is 24.3 Å². The second-order valence-electron chi connectivity index (χ2n) is 4.79. The van der Waals surface area contributed by atoms with Gasteiger partial charge >= 0.3 is 5.97 Å². The van der Waals surface area contributed by atoms with E-state index in [2.05, 4.69) is 6.92 Å². The molecule has 0 saturated heterocycles. The van der Waals surface area contributed by atoms with E-state index in [0.29, 0.717) is 18.1 Å². The molecule has 0 bridgehead atoms. The number of carbonyl (C=O) groups is 1. The Hall–Kier alpha value is -1.31.